The Bertz CT molecular complexity index is 1710. The zero-order chi connectivity index (χ0) is 27.1. The van der Waals surface area contributed by atoms with Crippen LogP contribution in [0.25, 0.3) is 39.2 Å². The van der Waals surface area contributed by atoms with Gasteiger partial charge in [-0.2, -0.15) is 13.2 Å². The van der Waals surface area contributed by atoms with Gasteiger partial charge in [-0.25, -0.2) is 9.78 Å². The minimum atomic E-state index is -4.61. The number of H-pyrrole nitrogens is 1. The van der Waals surface area contributed by atoms with Crippen LogP contribution in [0.1, 0.15) is 18.4 Å². The van der Waals surface area contributed by atoms with Crippen molar-refractivity contribution in [2.24, 2.45) is 7.05 Å². The molecule has 0 aliphatic carbocycles. The van der Waals surface area contributed by atoms with Gasteiger partial charge in [-0.1, -0.05) is 0 Å². The number of aromatic nitrogens is 5. The number of pyridine rings is 2. The van der Waals surface area contributed by atoms with Crippen LogP contribution in [0.15, 0.2) is 72.0 Å². The van der Waals surface area contributed by atoms with Gasteiger partial charge in [-0.15, -0.1) is 0 Å². The van der Waals surface area contributed by atoms with E-state index < -0.39 is 17.4 Å². The molecule has 0 unspecified atom stereocenters. The van der Waals surface area contributed by atoms with E-state index in [1.54, 1.807) is 31.7 Å². The zero-order valence-corrected chi connectivity index (χ0v) is 21.1. The lowest BCUT2D eigenvalue weighted by molar-refractivity contribution is -0.137. The molecular formula is C28H26F3N7O. The summed E-state index contributed by atoms with van der Waals surface area (Å²) in [6, 6.07) is 11.5. The Labute approximate surface area is 221 Å². The molecule has 4 aromatic heterocycles. The van der Waals surface area contributed by atoms with Crippen molar-refractivity contribution in [1.29, 1.82) is 0 Å². The number of imidazole rings is 1. The number of aromatic amines is 1. The van der Waals surface area contributed by atoms with Crippen molar-refractivity contribution in [3.8, 4) is 28.2 Å². The van der Waals surface area contributed by atoms with Crippen LogP contribution >= 0.6 is 0 Å². The molecule has 5 aromatic rings. The smallest absolute Gasteiger partial charge is 0.382 e. The number of alkyl halides is 3. The Morgan fingerprint density at radius 2 is 1.85 bits per heavy atom. The van der Waals surface area contributed by atoms with Crippen molar-refractivity contribution in [3.63, 3.8) is 0 Å². The molecule has 200 valence electrons. The van der Waals surface area contributed by atoms with E-state index in [1.807, 2.05) is 24.4 Å². The number of benzene rings is 1. The lowest BCUT2D eigenvalue weighted by Crippen LogP contribution is -2.35. The molecular weight excluding hydrogens is 507 g/mol. The average Bonchev–Trinajstić information content (AvgIpc) is 3.52. The van der Waals surface area contributed by atoms with Gasteiger partial charge in [0, 0.05) is 54.5 Å². The summed E-state index contributed by atoms with van der Waals surface area (Å²) in [7, 11) is 1.56. The highest BCUT2D eigenvalue weighted by atomic mass is 19.4. The van der Waals surface area contributed by atoms with E-state index in [1.165, 1.54) is 21.3 Å². The molecule has 0 atom stereocenters. The summed E-state index contributed by atoms with van der Waals surface area (Å²) in [6.45, 7) is 1.50. The largest absolute Gasteiger partial charge is 0.418 e. The molecule has 11 heteroatoms. The van der Waals surface area contributed by atoms with Crippen LogP contribution in [0.5, 0.6) is 0 Å². The summed E-state index contributed by atoms with van der Waals surface area (Å²) in [5, 5.41) is 7.22. The number of aryl methyl sites for hydroxylation is 1. The van der Waals surface area contributed by atoms with Gasteiger partial charge in [-0.05, 0) is 74.0 Å². The van der Waals surface area contributed by atoms with Gasteiger partial charge in [0.15, 0.2) is 0 Å². The maximum absolute atomic E-state index is 14.2. The van der Waals surface area contributed by atoms with Crippen LogP contribution in [0.2, 0.25) is 0 Å². The number of hydrogen-bond acceptors (Lipinski definition) is 5. The Morgan fingerprint density at radius 3 is 2.64 bits per heavy atom. The molecule has 6 rings (SSSR count). The first-order valence-electron chi connectivity index (χ1n) is 12.6. The number of anilines is 1. The van der Waals surface area contributed by atoms with Gasteiger partial charge in [0.2, 0.25) is 0 Å². The van der Waals surface area contributed by atoms with Crippen molar-refractivity contribution >= 4 is 16.7 Å². The molecule has 5 heterocycles. The highest BCUT2D eigenvalue weighted by molar-refractivity contribution is 5.82. The molecule has 1 aliphatic rings. The summed E-state index contributed by atoms with van der Waals surface area (Å²) in [4.78, 5) is 25.1. The monoisotopic (exact) mass is 533 g/mol. The topological polar surface area (TPSA) is 92.6 Å². The van der Waals surface area contributed by atoms with Crippen LogP contribution in [-0.4, -0.2) is 43.2 Å². The molecule has 0 spiro atoms. The fourth-order valence-corrected chi connectivity index (χ4v) is 5.05. The molecule has 8 nitrogen and oxygen atoms in total. The lowest BCUT2D eigenvalue weighted by Gasteiger charge is -2.26. The molecule has 0 bridgehead atoms. The van der Waals surface area contributed by atoms with E-state index >= 15 is 0 Å². The number of nitrogens with one attached hydrogen (secondary N) is 3. The first-order valence-corrected chi connectivity index (χ1v) is 12.6. The third-order valence-corrected chi connectivity index (χ3v) is 7.07. The molecule has 0 saturated carbocycles. The van der Waals surface area contributed by atoms with Gasteiger partial charge >= 0.3 is 11.9 Å². The predicted octanol–water partition coefficient (Wildman–Crippen LogP) is 4.96. The second-order valence-electron chi connectivity index (χ2n) is 9.71. The fourth-order valence-electron chi connectivity index (χ4n) is 5.05. The number of fused-ring (bicyclic) bond motifs is 1. The fraction of sp³-hybridized carbons (Fsp3) is 0.250. The third kappa shape index (κ3) is 4.81. The Balaban J connectivity index is 1.42. The van der Waals surface area contributed by atoms with E-state index in [4.69, 9.17) is 0 Å². The van der Waals surface area contributed by atoms with E-state index in [9.17, 15) is 18.0 Å². The van der Waals surface area contributed by atoms with Crippen molar-refractivity contribution in [2.75, 3.05) is 18.4 Å². The molecule has 0 radical (unpaired) electrons. The maximum Gasteiger partial charge on any atom is 0.418 e. The summed E-state index contributed by atoms with van der Waals surface area (Å²) < 4.78 is 45.2. The number of piperidine rings is 1. The van der Waals surface area contributed by atoms with Crippen LogP contribution in [0.3, 0.4) is 0 Å². The minimum Gasteiger partial charge on any atom is -0.382 e. The van der Waals surface area contributed by atoms with Crippen molar-refractivity contribution in [3.05, 3.63) is 83.3 Å². The second-order valence-corrected chi connectivity index (χ2v) is 9.71. The van der Waals surface area contributed by atoms with Crippen LogP contribution in [-0.2, 0) is 13.2 Å². The molecule has 0 amide bonds. The number of hydrogen-bond donors (Lipinski definition) is 3. The van der Waals surface area contributed by atoms with Gasteiger partial charge in [0.05, 0.1) is 22.6 Å². The normalized spacial score (nSPS) is 14.7. The van der Waals surface area contributed by atoms with Crippen molar-refractivity contribution < 1.29 is 13.2 Å². The summed E-state index contributed by atoms with van der Waals surface area (Å²) >= 11 is 0. The van der Waals surface area contributed by atoms with Gasteiger partial charge in [0.1, 0.15) is 5.65 Å². The summed E-state index contributed by atoms with van der Waals surface area (Å²) in [6.07, 6.45) is 3.60. The number of halogens is 3. The lowest BCUT2D eigenvalue weighted by atomic mass is 10.0. The number of nitrogens with zero attached hydrogens (tertiary/aromatic N) is 4. The Hall–Kier alpha value is -4.38. The number of rotatable bonds is 5. The van der Waals surface area contributed by atoms with E-state index in [0.29, 0.717) is 11.4 Å². The highest BCUT2D eigenvalue weighted by Crippen LogP contribution is 2.37. The Morgan fingerprint density at radius 1 is 1.03 bits per heavy atom. The quantitative estimate of drug-likeness (QED) is 0.297. The predicted molar refractivity (Wildman–Crippen MR) is 144 cm³/mol. The molecule has 1 saturated heterocycles. The molecule has 1 aliphatic heterocycles. The zero-order valence-electron chi connectivity index (χ0n) is 21.1. The Kier molecular flexibility index (Phi) is 6.22. The maximum atomic E-state index is 14.2. The van der Waals surface area contributed by atoms with Gasteiger partial charge in [-0.3, -0.25) is 9.55 Å². The highest BCUT2D eigenvalue weighted by Gasteiger charge is 2.35. The van der Waals surface area contributed by atoms with E-state index in [2.05, 4.69) is 25.6 Å². The summed E-state index contributed by atoms with van der Waals surface area (Å²) in [5.41, 5.74) is 2.10. The first-order chi connectivity index (χ1) is 18.8. The average molecular weight is 534 g/mol. The van der Waals surface area contributed by atoms with Gasteiger partial charge in [0.25, 0.3) is 0 Å². The van der Waals surface area contributed by atoms with E-state index in [-0.39, 0.29) is 17.4 Å². The molecule has 3 N–H and O–H groups in total. The third-order valence-electron chi connectivity index (χ3n) is 7.07. The second kappa shape index (κ2) is 9.73. The minimum absolute atomic E-state index is 0.0106. The standard InChI is InChI=1S/C28H26F3N7O/c1-37-16-25(24-13-17(4-10-33-24)19-12-18-5-11-34-26(18)35-15-19)38(27(37)39)21-2-3-23(22(14-21)28(29,30)31)36-20-6-8-32-9-7-20/h2-5,10-16,20,32,36H,6-9H2,1H3,(H,34,35). The van der Waals surface area contributed by atoms with Crippen LogP contribution in [0, 0.1) is 0 Å². The molecule has 39 heavy (non-hydrogen) atoms. The first kappa shape index (κ1) is 24.9. The van der Waals surface area contributed by atoms with E-state index in [0.717, 1.165) is 54.2 Å². The van der Waals surface area contributed by atoms with Gasteiger partial charge < -0.3 is 20.2 Å². The van der Waals surface area contributed by atoms with Crippen LogP contribution < -0.4 is 16.3 Å². The molecule has 1 aromatic carbocycles. The van der Waals surface area contributed by atoms with Crippen molar-refractivity contribution in [2.45, 2.75) is 25.1 Å². The molecule has 1 fully saturated rings. The summed E-state index contributed by atoms with van der Waals surface area (Å²) in [5.74, 6) is 0. The SMILES string of the molecule is Cn1cc(-c2cc(-c3cnc4[nH]ccc4c3)ccn2)n(-c2ccc(NC3CCNCC3)c(C(F)(F)F)c2)c1=O. The van der Waals surface area contributed by atoms with Crippen LogP contribution in [0.4, 0.5) is 18.9 Å². The van der Waals surface area contributed by atoms with Crippen molar-refractivity contribution in [1.82, 2.24) is 29.4 Å².